The number of carbonyl (C=O) groups is 1. The molecule has 0 atom stereocenters. The molecule has 1 aliphatic rings. The summed E-state index contributed by atoms with van der Waals surface area (Å²) in [5.41, 5.74) is 1.79. The van der Waals surface area contributed by atoms with E-state index in [9.17, 15) is 4.79 Å². The van der Waals surface area contributed by atoms with Crippen LogP contribution in [0.25, 0.3) is 22.6 Å². The molecule has 0 aliphatic carbocycles. The molecule has 3 aromatic rings. The van der Waals surface area contributed by atoms with E-state index in [1.807, 2.05) is 0 Å². The number of ether oxygens (including phenoxy) is 1. The number of carbonyl (C=O) groups excluding carboxylic acids is 1. The Bertz CT molecular complexity index is 972. The van der Waals surface area contributed by atoms with E-state index >= 15 is 0 Å². The van der Waals surface area contributed by atoms with Crippen LogP contribution in [0.15, 0.2) is 33.4 Å². The lowest BCUT2D eigenvalue weighted by Crippen LogP contribution is -2.55. The van der Waals surface area contributed by atoms with Crippen molar-refractivity contribution in [2.75, 3.05) is 32.8 Å². The molecule has 0 spiro atoms. The second-order valence-electron chi connectivity index (χ2n) is 7.58. The Morgan fingerprint density at radius 1 is 1.32 bits per heavy atom. The fourth-order valence-electron chi connectivity index (χ4n) is 3.50. The molecule has 4 rings (SSSR count). The Hall–Kier alpha value is -2.71. The number of fused-ring (bicyclic) bond motifs is 1. The van der Waals surface area contributed by atoms with E-state index in [2.05, 4.69) is 34.2 Å². The van der Waals surface area contributed by atoms with E-state index < -0.39 is 0 Å². The highest BCUT2D eigenvalue weighted by atomic mass is 16.5. The number of pyridine rings is 1. The lowest BCUT2D eigenvalue weighted by atomic mass is 10.0. The predicted octanol–water partition coefficient (Wildman–Crippen LogP) is 2.63. The molecule has 1 saturated heterocycles. The zero-order valence-electron chi connectivity index (χ0n) is 16.3. The summed E-state index contributed by atoms with van der Waals surface area (Å²) in [5, 5.41) is 7.66. The van der Waals surface area contributed by atoms with Crippen molar-refractivity contribution < 1.29 is 18.5 Å². The zero-order chi connectivity index (χ0) is 19.7. The first-order valence-corrected chi connectivity index (χ1v) is 9.37. The SMILES string of the molecule is Cc1noc2nc(-c3ccco3)cc(C(=O)NCC(C)(C)N3CCOCC3)c12. The zero-order valence-corrected chi connectivity index (χ0v) is 16.3. The van der Waals surface area contributed by atoms with Crippen molar-refractivity contribution in [3.05, 3.63) is 35.7 Å². The molecule has 0 aromatic carbocycles. The van der Waals surface area contributed by atoms with Crippen molar-refractivity contribution in [1.29, 1.82) is 0 Å². The first-order valence-electron chi connectivity index (χ1n) is 9.37. The number of aromatic nitrogens is 2. The van der Waals surface area contributed by atoms with E-state index in [1.54, 1.807) is 31.4 Å². The average molecular weight is 384 g/mol. The third-order valence-corrected chi connectivity index (χ3v) is 5.18. The highest BCUT2D eigenvalue weighted by Crippen LogP contribution is 2.27. The molecule has 0 unspecified atom stereocenters. The van der Waals surface area contributed by atoms with Crippen LogP contribution >= 0.6 is 0 Å². The van der Waals surface area contributed by atoms with Gasteiger partial charge in [-0.05, 0) is 39.0 Å². The minimum Gasteiger partial charge on any atom is -0.463 e. The molecule has 1 amide bonds. The van der Waals surface area contributed by atoms with Gasteiger partial charge in [0.2, 0.25) is 0 Å². The van der Waals surface area contributed by atoms with Crippen LogP contribution in [0, 0.1) is 6.92 Å². The lowest BCUT2D eigenvalue weighted by Gasteiger charge is -2.40. The Balaban J connectivity index is 1.60. The number of aryl methyl sites for hydroxylation is 1. The fraction of sp³-hybridized carbons (Fsp3) is 0.450. The normalized spacial score (nSPS) is 15.8. The molecule has 8 nitrogen and oxygen atoms in total. The summed E-state index contributed by atoms with van der Waals surface area (Å²) in [6.07, 6.45) is 1.57. The Kier molecular flexibility index (Phi) is 4.91. The van der Waals surface area contributed by atoms with Gasteiger partial charge in [0, 0.05) is 25.2 Å². The quantitative estimate of drug-likeness (QED) is 0.723. The van der Waals surface area contributed by atoms with Crippen molar-refractivity contribution in [3.63, 3.8) is 0 Å². The van der Waals surface area contributed by atoms with Crippen LogP contribution in [0.1, 0.15) is 29.9 Å². The summed E-state index contributed by atoms with van der Waals surface area (Å²) in [6.45, 7) is 9.71. The first-order chi connectivity index (χ1) is 13.5. The van der Waals surface area contributed by atoms with Crippen molar-refractivity contribution in [2.24, 2.45) is 0 Å². The van der Waals surface area contributed by atoms with Gasteiger partial charge in [0.1, 0.15) is 5.69 Å². The van der Waals surface area contributed by atoms with Crippen LogP contribution in [0.3, 0.4) is 0 Å². The highest BCUT2D eigenvalue weighted by molar-refractivity contribution is 6.06. The molecule has 0 bridgehead atoms. The van der Waals surface area contributed by atoms with Crippen molar-refractivity contribution >= 4 is 17.0 Å². The number of furan rings is 1. The molecule has 1 N–H and O–H groups in total. The third kappa shape index (κ3) is 3.53. The summed E-state index contributed by atoms with van der Waals surface area (Å²) in [6, 6.07) is 5.29. The summed E-state index contributed by atoms with van der Waals surface area (Å²) < 4.78 is 16.2. The highest BCUT2D eigenvalue weighted by Gasteiger charge is 2.29. The molecule has 0 saturated carbocycles. The molecule has 148 valence electrons. The van der Waals surface area contributed by atoms with Gasteiger partial charge in [0.05, 0.1) is 36.1 Å². The van der Waals surface area contributed by atoms with Gasteiger partial charge in [-0.2, -0.15) is 0 Å². The maximum Gasteiger partial charge on any atom is 0.259 e. The van der Waals surface area contributed by atoms with E-state index in [4.69, 9.17) is 13.7 Å². The van der Waals surface area contributed by atoms with Gasteiger partial charge in [-0.15, -0.1) is 0 Å². The average Bonchev–Trinajstić information content (AvgIpc) is 3.37. The van der Waals surface area contributed by atoms with Crippen LogP contribution < -0.4 is 5.32 Å². The van der Waals surface area contributed by atoms with Crippen molar-refractivity contribution in [3.8, 4) is 11.5 Å². The number of morpholine rings is 1. The number of amides is 1. The Morgan fingerprint density at radius 3 is 2.82 bits per heavy atom. The molecule has 28 heavy (non-hydrogen) atoms. The van der Waals surface area contributed by atoms with Gasteiger partial charge in [-0.25, -0.2) is 4.98 Å². The van der Waals surface area contributed by atoms with Gasteiger partial charge >= 0.3 is 0 Å². The van der Waals surface area contributed by atoms with Crippen LogP contribution in [0.4, 0.5) is 0 Å². The Morgan fingerprint density at radius 2 is 2.11 bits per heavy atom. The number of nitrogens with zero attached hydrogens (tertiary/aromatic N) is 3. The maximum atomic E-state index is 13.1. The molecule has 8 heteroatoms. The topological polar surface area (TPSA) is 93.6 Å². The van der Waals surface area contributed by atoms with E-state index in [0.29, 0.717) is 40.4 Å². The molecular formula is C20H24N4O4. The smallest absolute Gasteiger partial charge is 0.259 e. The fourth-order valence-corrected chi connectivity index (χ4v) is 3.50. The van der Waals surface area contributed by atoms with Crippen molar-refractivity contribution in [2.45, 2.75) is 26.3 Å². The summed E-state index contributed by atoms with van der Waals surface area (Å²) in [4.78, 5) is 19.8. The van der Waals surface area contributed by atoms with Gasteiger partial charge < -0.3 is 19.0 Å². The minimum atomic E-state index is -0.187. The molecule has 4 heterocycles. The van der Waals surface area contributed by atoms with Gasteiger partial charge in [0.25, 0.3) is 11.6 Å². The number of rotatable bonds is 5. The molecule has 1 fully saturated rings. The van der Waals surface area contributed by atoms with Crippen LogP contribution in [0.2, 0.25) is 0 Å². The van der Waals surface area contributed by atoms with Crippen molar-refractivity contribution in [1.82, 2.24) is 20.4 Å². The second-order valence-corrected chi connectivity index (χ2v) is 7.58. The first kappa shape index (κ1) is 18.6. The number of nitrogens with one attached hydrogen (secondary N) is 1. The summed E-state index contributed by atoms with van der Waals surface area (Å²) in [5.74, 6) is 0.381. The Labute approximate surface area is 162 Å². The lowest BCUT2D eigenvalue weighted by molar-refractivity contribution is -0.00922. The molecule has 1 aliphatic heterocycles. The van der Waals surface area contributed by atoms with E-state index in [1.165, 1.54) is 0 Å². The summed E-state index contributed by atoms with van der Waals surface area (Å²) in [7, 11) is 0. The minimum absolute atomic E-state index is 0.181. The second kappa shape index (κ2) is 7.37. The van der Waals surface area contributed by atoms with Gasteiger partial charge in [0.15, 0.2) is 5.76 Å². The monoisotopic (exact) mass is 384 g/mol. The molecule has 3 aromatic heterocycles. The van der Waals surface area contributed by atoms with Crippen LogP contribution in [0.5, 0.6) is 0 Å². The van der Waals surface area contributed by atoms with Gasteiger partial charge in [-0.1, -0.05) is 5.16 Å². The van der Waals surface area contributed by atoms with E-state index in [0.717, 1.165) is 26.3 Å². The van der Waals surface area contributed by atoms with Crippen LogP contribution in [-0.4, -0.2) is 59.3 Å². The number of hydrogen-bond donors (Lipinski definition) is 1. The molecular weight excluding hydrogens is 360 g/mol. The standard InChI is InChI=1S/C20H24N4O4/c1-13-17-14(11-15(16-5-4-8-27-16)22-19(17)28-23-13)18(25)21-12-20(2,3)24-6-9-26-10-7-24/h4-5,8,11H,6-7,9-10,12H2,1-3H3,(H,21,25). The van der Waals surface area contributed by atoms with E-state index in [-0.39, 0.29) is 11.4 Å². The molecule has 0 radical (unpaired) electrons. The van der Waals surface area contributed by atoms with Gasteiger partial charge in [-0.3, -0.25) is 9.69 Å². The number of hydrogen-bond acceptors (Lipinski definition) is 7. The maximum absolute atomic E-state index is 13.1. The largest absolute Gasteiger partial charge is 0.463 e. The predicted molar refractivity (Wildman–Crippen MR) is 103 cm³/mol. The third-order valence-electron chi connectivity index (χ3n) is 5.18. The summed E-state index contributed by atoms with van der Waals surface area (Å²) >= 11 is 0. The van der Waals surface area contributed by atoms with Crippen LogP contribution in [-0.2, 0) is 4.74 Å².